The number of rotatable bonds is 14. The number of amides is 4. The average molecular weight is 1570 g/mol. The number of aryl methyl sites for hydroxylation is 1. The van der Waals surface area contributed by atoms with Crippen molar-refractivity contribution in [2.45, 2.75) is 220 Å². The van der Waals surface area contributed by atoms with Crippen LogP contribution in [0.25, 0.3) is 0 Å². The summed E-state index contributed by atoms with van der Waals surface area (Å²) in [5.41, 5.74) is 30.2. The predicted molar refractivity (Wildman–Crippen MR) is 469 cm³/mol. The molecule has 29 heteroatoms. The summed E-state index contributed by atoms with van der Waals surface area (Å²) in [5.74, 6) is 3.24. The molecule has 1 aliphatic heterocycles. The topological polar surface area (TPSA) is 577 Å². The van der Waals surface area contributed by atoms with Crippen molar-refractivity contribution in [3.05, 3.63) is 108 Å². The zero-order valence-corrected chi connectivity index (χ0v) is 74.5. The van der Waals surface area contributed by atoms with Gasteiger partial charge in [-0.25, -0.2) is 0 Å². The molecule has 4 amide bonds. The van der Waals surface area contributed by atoms with E-state index in [9.17, 15) is 19.2 Å². The first kappa shape index (κ1) is 170. The van der Waals surface area contributed by atoms with Gasteiger partial charge in [0.05, 0.1) is 0 Å². The fourth-order valence-electron chi connectivity index (χ4n) is 5.55. The van der Waals surface area contributed by atoms with Crippen LogP contribution >= 0.6 is 0 Å². The predicted octanol–water partition coefficient (Wildman–Crippen LogP) is 11.0. The molecule has 0 saturated carbocycles. The van der Waals surface area contributed by atoms with E-state index in [0.717, 1.165) is 66.4 Å². The first-order valence-corrected chi connectivity index (χ1v) is 34.4. The van der Waals surface area contributed by atoms with E-state index in [1.807, 2.05) is 135 Å². The molecule has 29 nitrogen and oxygen atoms in total. The van der Waals surface area contributed by atoms with Crippen LogP contribution in [0.15, 0.2) is 91.0 Å². The van der Waals surface area contributed by atoms with Crippen LogP contribution in [0.5, 0.6) is 0 Å². The van der Waals surface area contributed by atoms with E-state index >= 15 is 0 Å². The fraction of sp³-hybridized carbons (Fsp3) is 0.600. The van der Waals surface area contributed by atoms with Crippen molar-refractivity contribution >= 4 is 91.5 Å². The number of likely N-dealkylation sites (tertiary alicyclic amines) is 1. The Labute approximate surface area is 667 Å². The average Bonchev–Trinajstić information content (AvgIpc) is 0.821. The number of piperidine rings is 1. The molecule has 109 heavy (non-hydrogen) atoms. The standard InChI is InChI=1S/C30H40N4O4.C8H10.3C5H12.2C4H10.C3H8O.6CH5N.10CH2O.4H3N/c1-22(29(37)34-18-12-7-13-19-34)31-28(36)26(20-24-14-8-5-9-15-24)33(4)30(38)27(32(3)23(2)35)21-25-16-10-6-11-17-25;1-2-8-6-4-3-5-7-8;3*1-4-5(2)3;2*1-4(2)3;1-3(2)4;16*1-2;;;;/h5-6,8-11,14-17,22,26-27H,7,12-13,18-21H2,1-4H3,(H,31,36);3-7H,2H2,1H3;3*5H,4H2,1-3H3;2*4H,1-3H3;3-4H,1-2H3;6*2H2,1H3;10*1H2;4*1H3/t22-,26-,27-;;;;;;;;;;;;;;;;;;;;;;;;;;;/m0.........................../s1. The zero-order chi connectivity index (χ0) is 89.1. The van der Waals surface area contributed by atoms with Crippen molar-refractivity contribution < 1.29 is 72.2 Å². The smallest absolute Gasteiger partial charge is 0.246 e. The highest BCUT2D eigenvalue weighted by atomic mass is 16.3. The molecule has 1 aliphatic rings. The van der Waals surface area contributed by atoms with Gasteiger partial charge < -0.3 is 132 Å². The van der Waals surface area contributed by atoms with E-state index in [0.29, 0.717) is 19.5 Å². The minimum Gasteiger partial charge on any atom is -0.394 e. The summed E-state index contributed by atoms with van der Waals surface area (Å²) in [7, 11) is 12.2. The lowest BCUT2D eigenvalue weighted by atomic mass is 10.00. The number of nitrogens with zero attached hydrogens (tertiary/aromatic N) is 3. The summed E-state index contributed by atoms with van der Waals surface area (Å²) in [4.78, 5) is 137. The van der Waals surface area contributed by atoms with Gasteiger partial charge in [0.1, 0.15) is 86.0 Å². The van der Waals surface area contributed by atoms with Crippen LogP contribution in [0.4, 0.5) is 0 Å². The van der Waals surface area contributed by atoms with Gasteiger partial charge in [-0.3, -0.25) is 19.2 Å². The number of nitrogens with one attached hydrogen (secondary N) is 1. The van der Waals surface area contributed by atoms with Crippen molar-refractivity contribution in [2.24, 2.45) is 64.0 Å². The normalized spacial score (nSPS) is 9.13. The number of hydrogen-bond acceptors (Lipinski definition) is 25. The van der Waals surface area contributed by atoms with Crippen LogP contribution in [-0.2, 0) is 86.4 Å². The molecular weight excluding hydrogens is 1400 g/mol. The van der Waals surface area contributed by atoms with Crippen molar-refractivity contribution in [1.82, 2.24) is 44.6 Å². The lowest BCUT2D eigenvalue weighted by Crippen LogP contribution is -2.58. The maximum Gasteiger partial charge on any atom is 0.246 e. The Hall–Kier alpha value is -8.20. The summed E-state index contributed by atoms with van der Waals surface area (Å²) >= 11 is 0. The van der Waals surface area contributed by atoms with Crippen LogP contribution in [0.3, 0.4) is 0 Å². The molecule has 0 aliphatic carbocycles. The molecule has 0 bridgehead atoms. The molecule has 4 rings (SSSR count). The Balaban J connectivity index is -0.0000000384. The second-order valence-corrected chi connectivity index (χ2v) is 21.9. The molecule has 3 aromatic rings. The molecule has 656 valence electrons. The van der Waals surface area contributed by atoms with Crippen molar-refractivity contribution in [1.29, 1.82) is 0 Å². The molecule has 1 saturated heterocycles. The first-order valence-electron chi connectivity index (χ1n) is 34.4. The Morgan fingerprint density at radius 2 is 0.596 bits per heavy atom. The molecule has 0 spiro atoms. The molecule has 0 radical (unpaired) electrons. The molecule has 1 heterocycles. The van der Waals surface area contributed by atoms with Crippen LogP contribution in [0.1, 0.15) is 194 Å². The third-order valence-electron chi connectivity index (χ3n) is 11.0. The summed E-state index contributed by atoms with van der Waals surface area (Å²) in [6.45, 7) is 63.0. The number of aliphatic hydroxyl groups is 1. The lowest BCUT2D eigenvalue weighted by Gasteiger charge is -2.35. The zero-order valence-electron chi connectivity index (χ0n) is 74.5. The molecule has 0 unspecified atom stereocenters. The number of aliphatic hydroxyl groups excluding tert-OH is 1. The fourth-order valence-corrected chi connectivity index (χ4v) is 5.55. The number of benzene rings is 3. The van der Waals surface area contributed by atoms with Gasteiger partial charge in [0.25, 0.3) is 0 Å². The molecule has 1 fully saturated rings. The van der Waals surface area contributed by atoms with Crippen LogP contribution in [0.2, 0.25) is 0 Å². The summed E-state index contributed by atoms with van der Waals surface area (Å²) in [6.07, 6.45) is 8.53. The maximum atomic E-state index is 13.9. The largest absolute Gasteiger partial charge is 0.394 e. The molecule has 3 aromatic carbocycles. The van der Waals surface area contributed by atoms with Gasteiger partial charge in [-0.15, -0.1) is 0 Å². The second-order valence-electron chi connectivity index (χ2n) is 21.9. The summed E-state index contributed by atoms with van der Waals surface area (Å²) in [5, 5.41) is 10.9. The van der Waals surface area contributed by atoms with Crippen molar-refractivity contribution in [3.63, 3.8) is 0 Å². The molecule has 26 N–H and O–H groups in total. The number of likely N-dealkylation sites (N-methyl/N-ethyl adjacent to an activating group) is 2. The van der Waals surface area contributed by atoms with E-state index in [1.165, 1.54) is 83.8 Å². The highest BCUT2D eigenvalue weighted by Crippen LogP contribution is 2.17. The van der Waals surface area contributed by atoms with E-state index < -0.39 is 24.0 Å². The molecule has 3 atom stereocenters. The van der Waals surface area contributed by atoms with Crippen LogP contribution in [-0.4, -0.2) is 205 Å². The van der Waals surface area contributed by atoms with Crippen molar-refractivity contribution in [3.8, 4) is 0 Å². The number of carbonyl (C=O) groups is 14. The minimum atomic E-state index is -0.861. The van der Waals surface area contributed by atoms with Gasteiger partial charge in [0.2, 0.25) is 23.6 Å². The quantitative estimate of drug-likeness (QED) is 0.0713. The number of nitrogens with two attached hydrogens (primary N) is 6. The third kappa shape index (κ3) is 166. The number of hydrogen-bond donors (Lipinski definition) is 12. The Bertz CT molecular complexity index is 1890. The van der Waals surface area contributed by atoms with Gasteiger partial charge in [0.15, 0.2) is 0 Å². The highest BCUT2D eigenvalue weighted by molar-refractivity contribution is 5.94. The Morgan fingerprint density at radius 3 is 0.780 bits per heavy atom. The van der Waals surface area contributed by atoms with E-state index in [4.69, 9.17) is 53.1 Å². The van der Waals surface area contributed by atoms with E-state index in [-0.39, 0.29) is 54.8 Å². The van der Waals surface area contributed by atoms with Gasteiger partial charge in [-0.2, -0.15) is 0 Å². The monoisotopic (exact) mass is 1570 g/mol. The molecular formula is C80H176N14O15. The summed E-state index contributed by atoms with van der Waals surface area (Å²) in [6, 6.07) is 27.1. The second kappa shape index (κ2) is 170. The Kier molecular flexibility index (Phi) is 265. The van der Waals surface area contributed by atoms with Gasteiger partial charge >= 0.3 is 0 Å². The number of carbonyl (C=O) groups excluding carboxylic acids is 14. The first-order chi connectivity index (χ1) is 50.1. The van der Waals surface area contributed by atoms with Gasteiger partial charge in [0, 0.05) is 53.1 Å². The molecule has 0 aromatic heterocycles. The highest BCUT2D eigenvalue weighted by Gasteiger charge is 2.36. The Morgan fingerprint density at radius 1 is 0.394 bits per heavy atom. The van der Waals surface area contributed by atoms with E-state index in [1.54, 1.807) is 39.8 Å². The van der Waals surface area contributed by atoms with Gasteiger partial charge in [-0.1, -0.05) is 221 Å². The third-order valence-corrected chi connectivity index (χ3v) is 11.0. The van der Waals surface area contributed by atoms with Crippen LogP contribution < -0.4 is 64.3 Å². The lowest BCUT2D eigenvalue weighted by molar-refractivity contribution is -0.147. The maximum absolute atomic E-state index is 13.9. The van der Waals surface area contributed by atoms with Crippen molar-refractivity contribution in [2.75, 3.05) is 69.5 Å². The van der Waals surface area contributed by atoms with Crippen LogP contribution in [0, 0.1) is 29.6 Å². The SMILES string of the molecule is C=O.C=O.C=O.C=O.C=O.C=O.C=O.C=O.C=O.C=O.CC(=O)N(C)[C@@H](Cc1ccccc1)C(=O)N(C)[C@@H](Cc1ccccc1)C(=O)N[C@@H](C)C(=O)N1CCCCC1.CC(C)C.CC(C)C.CC(C)O.CCC(C)C.CCC(C)C.CCC(C)C.CCc1ccccc1.CN.CN.CN.CN.CN.CN.N.N.N.N. The van der Waals surface area contributed by atoms with E-state index in [2.05, 4.69) is 175 Å². The van der Waals surface area contributed by atoms with Gasteiger partial charge in [-0.05, 0) is 135 Å². The minimum absolute atomic E-state index is 0. The summed E-state index contributed by atoms with van der Waals surface area (Å²) < 4.78 is 0.